The summed E-state index contributed by atoms with van der Waals surface area (Å²) in [5, 5.41) is 0. The molecule has 0 bridgehead atoms. The minimum atomic E-state index is -0.0764. The molecular weight excluding hydrogens is 398 g/mol. The largest absolute Gasteiger partial charge is 0.464 e. The quantitative estimate of drug-likeness (QED) is 0.469. The monoisotopic (exact) mass is 417 g/mol. The van der Waals surface area contributed by atoms with Crippen LogP contribution < -0.4 is 10.4 Å². The number of ether oxygens (including phenoxy) is 2. The van der Waals surface area contributed by atoms with Gasteiger partial charge in [0.15, 0.2) is 12.5 Å². The first-order valence-corrected chi connectivity index (χ1v) is 8.86. The lowest BCUT2D eigenvalue weighted by atomic mass is 10.0. The Hall–Kier alpha value is -2.38. The number of rotatable bonds is 5. The molecule has 1 aromatic carbocycles. The normalized spacial score (nSPS) is 11.0. The predicted octanol–water partition coefficient (Wildman–Crippen LogP) is 3.60. The van der Waals surface area contributed by atoms with Gasteiger partial charge < -0.3 is 14.0 Å². The van der Waals surface area contributed by atoms with Crippen LogP contribution in [0.15, 0.2) is 46.1 Å². The molecule has 26 heavy (non-hydrogen) atoms. The van der Waals surface area contributed by atoms with Crippen LogP contribution in [0.2, 0.25) is 0 Å². The molecule has 2 heterocycles. The summed E-state index contributed by atoms with van der Waals surface area (Å²) in [6.45, 7) is 4.04. The molecule has 0 saturated carbocycles. The van der Waals surface area contributed by atoms with Gasteiger partial charge in [0, 0.05) is 37.8 Å². The van der Waals surface area contributed by atoms with Gasteiger partial charge in [-0.05, 0) is 59.1 Å². The van der Waals surface area contributed by atoms with Crippen molar-refractivity contribution in [3.8, 4) is 22.6 Å². The van der Waals surface area contributed by atoms with Crippen molar-refractivity contribution in [3.63, 3.8) is 0 Å². The standard InChI is InChI=1S/C19H20BrN3O3/c1-12-9-14(5-6-16(12)23-8-7-22(3)19(23)24)15-10-13(2)21-18(20)17(15)26-11-25-4/h5-10H,11H2,1-4H3. The van der Waals surface area contributed by atoms with Crippen LogP contribution in [0.3, 0.4) is 0 Å². The third-order valence-electron chi connectivity index (χ3n) is 4.10. The zero-order chi connectivity index (χ0) is 18.8. The molecule has 0 radical (unpaired) electrons. The summed E-state index contributed by atoms with van der Waals surface area (Å²) in [6, 6.07) is 7.92. The number of methoxy groups -OCH3 is 1. The Kier molecular flexibility index (Phi) is 5.29. The van der Waals surface area contributed by atoms with Crippen LogP contribution in [0.4, 0.5) is 0 Å². The maximum Gasteiger partial charge on any atom is 0.332 e. The van der Waals surface area contributed by atoms with E-state index in [-0.39, 0.29) is 12.5 Å². The third kappa shape index (κ3) is 3.45. The SMILES string of the molecule is COCOc1c(-c2ccc(-n3ccn(C)c3=O)c(C)c2)cc(C)nc1Br. The molecule has 0 atom stereocenters. The fourth-order valence-corrected chi connectivity index (χ4v) is 3.44. The number of aromatic nitrogens is 3. The van der Waals surface area contributed by atoms with Gasteiger partial charge in [-0.15, -0.1) is 0 Å². The second-order valence-corrected chi connectivity index (χ2v) is 6.80. The Bertz CT molecular complexity index is 1010. The molecule has 0 aliphatic heterocycles. The molecule has 2 aromatic heterocycles. The fraction of sp³-hybridized carbons (Fsp3) is 0.263. The number of benzene rings is 1. The molecule has 0 unspecified atom stereocenters. The number of imidazole rings is 1. The average Bonchev–Trinajstić information content (AvgIpc) is 2.93. The number of aryl methyl sites for hydroxylation is 3. The molecule has 0 N–H and O–H groups in total. The second kappa shape index (κ2) is 7.47. The number of hydrogen-bond acceptors (Lipinski definition) is 4. The van der Waals surface area contributed by atoms with E-state index < -0.39 is 0 Å². The van der Waals surface area contributed by atoms with E-state index in [0.717, 1.165) is 28.1 Å². The van der Waals surface area contributed by atoms with Crippen molar-refractivity contribution in [1.29, 1.82) is 0 Å². The van der Waals surface area contributed by atoms with E-state index in [2.05, 4.69) is 20.9 Å². The van der Waals surface area contributed by atoms with Crippen LogP contribution in [0.5, 0.6) is 5.75 Å². The van der Waals surface area contributed by atoms with Crippen molar-refractivity contribution in [2.24, 2.45) is 7.05 Å². The lowest BCUT2D eigenvalue weighted by Crippen LogP contribution is -2.21. The molecule has 0 spiro atoms. The molecule has 6 nitrogen and oxygen atoms in total. The second-order valence-electron chi connectivity index (χ2n) is 6.04. The Labute approximate surface area is 160 Å². The highest BCUT2D eigenvalue weighted by Gasteiger charge is 2.15. The molecule has 7 heteroatoms. The molecule has 3 rings (SSSR count). The summed E-state index contributed by atoms with van der Waals surface area (Å²) in [5.74, 6) is 0.626. The Morgan fingerprint density at radius 3 is 2.58 bits per heavy atom. The van der Waals surface area contributed by atoms with Crippen molar-refractivity contribution in [3.05, 3.63) is 63.0 Å². The van der Waals surface area contributed by atoms with E-state index in [0.29, 0.717) is 10.4 Å². The van der Waals surface area contributed by atoms with Gasteiger partial charge in [0.1, 0.15) is 4.60 Å². The van der Waals surface area contributed by atoms with Gasteiger partial charge in [-0.3, -0.25) is 4.57 Å². The zero-order valence-corrected chi connectivity index (χ0v) is 16.7. The molecule has 0 saturated heterocycles. The Morgan fingerprint density at radius 1 is 1.19 bits per heavy atom. The summed E-state index contributed by atoms with van der Waals surface area (Å²) in [5.41, 5.74) is 4.52. The van der Waals surface area contributed by atoms with E-state index in [1.54, 1.807) is 35.7 Å². The van der Waals surface area contributed by atoms with Crippen LogP contribution in [0, 0.1) is 13.8 Å². The molecular formula is C19H20BrN3O3. The smallest absolute Gasteiger partial charge is 0.332 e. The summed E-state index contributed by atoms with van der Waals surface area (Å²) in [4.78, 5) is 16.6. The van der Waals surface area contributed by atoms with Gasteiger partial charge in [0.2, 0.25) is 0 Å². The Balaban J connectivity index is 2.10. The molecule has 0 amide bonds. The summed E-state index contributed by atoms with van der Waals surface area (Å²) >= 11 is 3.47. The van der Waals surface area contributed by atoms with Crippen LogP contribution in [0.25, 0.3) is 16.8 Å². The first-order chi connectivity index (χ1) is 12.4. The van der Waals surface area contributed by atoms with Crippen molar-refractivity contribution in [2.75, 3.05) is 13.9 Å². The molecule has 3 aromatic rings. The van der Waals surface area contributed by atoms with Crippen molar-refractivity contribution in [2.45, 2.75) is 13.8 Å². The van der Waals surface area contributed by atoms with Gasteiger partial charge in [0.05, 0.1) is 5.69 Å². The van der Waals surface area contributed by atoms with Crippen molar-refractivity contribution < 1.29 is 9.47 Å². The molecule has 136 valence electrons. The highest BCUT2D eigenvalue weighted by Crippen LogP contribution is 2.37. The number of nitrogens with zero attached hydrogens (tertiary/aromatic N) is 3. The van der Waals surface area contributed by atoms with Crippen LogP contribution in [-0.2, 0) is 11.8 Å². The minimum Gasteiger partial charge on any atom is -0.464 e. The van der Waals surface area contributed by atoms with Gasteiger partial charge in [-0.25, -0.2) is 9.78 Å². The summed E-state index contributed by atoms with van der Waals surface area (Å²) in [6.07, 6.45) is 3.51. The molecule has 0 fully saturated rings. The van der Waals surface area contributed by atoms with Gasteiger partial charge in [-0.2, -0.15) is 0 Å². The van der Waals surface area contributed by atoms with E-state index in [9.17, 15) is 4.79 Å². The van der Waals surface area contributed by atoms with E-state index in [1.165, 1.54) is 0 Å². The van der Waals surface area contributed by atoms with Crippen LogP contribution in [-0.4, -0.2) is 28.0 Å². The first-order valence-electron chi connectivity index (χ1n) is 8.06. The topological polar surface area (TPSA) is 58.3 Å². The van der Waals surface area contributed by atoms with Crippen LogP contribution in [0.1, 0.15) is 11.3 Å². The number of hydrogen-bond donors (Lipinski definition) is 0. The van der Waals surface area contributed by atoms with Gasteiger partial charge in [0.25, 0.3) is 0 Å². The minimum absolute atomic E-state index is 0.0764. The first kappa shape index (κ1) is 18.4. The van der Waals surface area contributed by atoms with E-state index >= 15 is 0 Å². The average molecular weight is 418 g/mol. The maximum atomic E-state index is 12.2. The van der Waals surface area contributed by atoms with E-state index in [4.69, 9.17) is 9.47 Å². The van der Waals surface area contributed by atoms with Crippen molar-refractivity contribution in [1.82, 2.24) is 14.1 Å². The fourth-order valence-electron chi connectivity index (χ4n) is 2.83. The lowest BCUT2D eigenvalue weighted by molar-refractivity contribution is 0.0506. The maximum absolute atomic E-state index is 12.2. The highest BCUT2D eigenvalue weighted by molar-refractivity contribution is 9.10. The zero-order valence-electron chi connectivity index (χ0n) is 15.1. The predicted molar refractivity (Wildman–Crippen MR) is 104 cm³/mol. The van der Waals surface area contributed by atoms with Crippen LogP contribution >= 0.6 is 15.9 Å². The van der Waals surface area contributed by atoms with E-state index in [1.807, 2.05) is 38.1 Å². The molecule has 0 aliphatic rings. The summed E-state index contributed by atoms with van der Waals surface area (Å²) < 4.78 is 14.6. The number of pyridine rings is 1. The summed E-state index contributed by atoms with van der Waals surface area (Å²) in [7, 11) is 3.31. The van der Waals surface area contributed by atoms with Crippen molar-refractivity contribution >= 4 is 15.9 Å². The molecule has 0 aliphatic carbocycles. The van der Waals surface area contributed by atoms with Gasteiger partial charge in [-0.1, -0.05) is 6.07 Å². The Morgan fingerprint density at radius 2 is 1.96 bits per heavy atom. The number of halogens is 1. The lowest BCUT2D eigenvalue weighted by Gasteiger charge is -2.15. The van der Waals surface area contributed by atoms with Gasteiger partial charge >= 0.3 is 5.69 Å². The highest BCUT2D eigenvalue weighted by atomic mass is 79.9. The third-order valence-corrected chi connectivity index (χ3v) is 4.63.